The smallest absolute Gasteiger partial charge is 0.160 e. The maximum absolute atomic E-state index is 6.73. The van der Waals surface area contributed by atoms with E-state index in [4.69, 9.17) is 19.4 Å². The number of hydrogen-bond acceptors (Lipinski definition) is 5. The first kappa shape index (κ1) is 32.5. The van der Waals surface area contributed by atoms with Gasteiger partial charge in [0.15, 0.2) is 17.3 Å². The Morgan fingerprint density at radius 3 is 1.53 bits per heavy atom. The summed E-state index contributed by atoms with van der Waals surface area (Å²) in [6, 6.07) is 69.9. The van der Waals surface area contributed by atoms with Crippen molar-refractivity contribution in [3.05, 3.63) is 222 Å². The molecule has 3 heterocycles. The second-order valence-corrected chi connectivity index (χ2v) is 14.9. The zero-order valence-electron chi connectivity index (χ0n) is 31.2. The lowest BCUT2D eigenvalue weighted by atomic mass is 9.66. The van der Waals surface area contributed by atoms with Gasteiger partial charge in [-0.05, 0) is 89.0 Å². The maximum Gasteiger partial charge on any atom is 0.160 e. The van der Waals surface area contributed by atoms with Crippen molar-refractivity contribution in [2.75, 3.05) is 4.90 Å². The molecule has 0 saturated carbocycles. The van der Waals surface area contributed by atoms with E-state index in [2.05, 4.69) is 150 Å². The number of fused-ring (bicyclic) bond motifs is 11. The van der Waals surface area contributed by atoms with Crippen LogP contribution in [-0.2, 0) is 5.41 Å². The molecule has 272 valence electrons. The number of hydrogen-bond donors (Lipinski definition) is 0. The van der Waals surface area contributed by atoms with Crippen LogP contribution < -0.4 is 14.4 Å². The van der Waals surface area contributed by atoms with Crippen LogP contribution in [0, 0.1) is 0 Å². The van der Waals surface area contributed by atoms with Crippen LogP contribution in [0.5, 0.6) is 23.0 Å². The van der Waals surface area contributed by atoms with Crippen molar-refractivity contribution in [3.63, 3.8) is 0 Å². The molecule has 8 aromatic carbocycles. The molecule has 0 amide bonds. The topological polar surface area (TPSA) is 47.5 Å². The van der Waals surface area contributed by atoms with Gasteiger partial charge in [-0.15, -0.1) is 0 Å². The van der Waals surface area contributed by atoms with Gasteiger partial charge >= 0.3 is 0 Å². The number of benzene rings is 8. The molecule has 1 aliphatic carbocycles. The largest absolute Gasteiger partial charge is 0.457 e. The lowest BCUT2D eigenvalue weighted by Crippen LogP contribution is -2.32. The summed E-state index contributed by atoms with van der Waals surface area (Å²) in [5, 5.41) is 0. The third-order valence-corrected chi connectivity index (χ3v) is 11.8. The van der Waals surface area contributed by atoms with Crippen molar-refractivity contribution in [2.45, 2.75) is 5.41 Å². The van der Waals surface area contributed by atoms with Crippen LogP contribution in [0.2, 0.25) is 0 Å². The fourth-order valence-corrected chi connectivity index (χ4v) is 9.24. The van der Waals surface area contributed by atoms with Crippen molar-refractivity contribution < 1.29 is 9.47 Å². The molecule has 0 bridgehead atoms. The zero-order valence-corrected chi connectivity index (χ0v) is 31.2. The predicted molar refractivity (Wildman–Crippen MR) is 230 cm³/mol. The van der Waals surface area contributed by atoms with Crippen LogP contribution in [0.15, 0.2) is 200 Å². The van der Waals surface area contributed by atoms with Crippen molar-refractivity contribution in [1.29, 1.82) is 0 Å². The molecule has 0 radical (unpaired) electrons. The molecule has 0 fully saturated rings. The molecule has 1 spiro atoms. The SMILES string of the molecule is c1ccc(-c2nc(-c3ccc(N4c5ccccc5Oc5ccccc54)cc3)cc(-c3ccc4c(c3)C3(c5ccccc5O4)c4ccccc4-c4ccccc43)n2)cc1. The first-order valence-corrected chi connectivity index (χ1v) is 19.6. The molecule has 12 rings (SSSR count). The highest BCUT2D eigenvalue weighted by Gasteiger charge is 2.51. The fourth-order valence-electron chi connectivity index (χ4n) is 9.24. The van der Waals surface area contributed by atoms with Crippen molar-refractivity contribution >= 4 is 17.1 Å². The molecule has 58 heavy (non-hydrogen) atoms. The van der Waals surface area contributed by atoms with Crippen molar-refractivity contribution in [1.82, 2.24) is 9.97 Å². The molecule has 5 heteroatoms. The van der Waals surface area contributed by atoms with Gasteiger partial charge in [0.05, 0.1) is 28.2 Å². The van der Waals surface area contributed by atoms with Gasteiger partial charge in [0.2, 0.25) is 0 Å². The Balaban J connectivity index is 1.02. The van der Waals surface area contributed by atoms with E-state index < -0.39 is 5.41 Å². The van der Waals surface area contributed by atoms with Gasteiger partial charge < -0.3 is 14.4 Å². The third-order valence-electron chi connectivity index (χ3n) is 11.8. The summed E-state index contributed by atoms with van der Waals surface area (Å²) in [5.74, 6) is 4.02. The van der Waals surface area contributed by atoms with Gasteiger partial charge in [-0.1, -0.05) is 133 Å². The van der Waals surface area contributed by atoms with E-state index in [9.17, 15) is 0 Å². The second-order valence-electron chi connectivity index (χ2n) is 14.9. The van der Waals surface area contributed by atoms with Crippen LogP contribution in [0.1, 0.15) is 22.3 Å². The Morgan fingerprint density at radius 1 is 0.362 bits per heavy atom. The zero-order chi connectivity index (χ0) is 38.2. The Morgan fingerprint density at radius 2 is 0.862 bits per heavy atom. The third kappa shape index (κ3) is 4.77. The molecule has 5 nitrogen and oxygen atoms in total. The van der Waals surface area contributed by atoms with E-state index in [1.54, 1.807) is 0 Å². The van der Waals surface area contributed by atoms with E-state index >= 15 is 0 Å². The minimum absolute atomic E-state index is 0.571. The normalized spacial score (nSPS) is 13.6. The number of aromatic nitrogens is 2. The summed E-state index contributed by atoms with van der Waals surface area (Å²) < 4.78 is 13.0. The van der Waals surface area contributed by atoms with Gasteiger partial charge in [-0.3, -0.25) is 0 Å². The molecule has 0 N–H and O–H groups in total. The minimum atomic E-state index is -0.571. The number of anilines is 3. The molecular weight excluding hydrogens is 711 g/mol. The summed E-state index contributed by atoms with van der Waals surface area (Å²) in [4.78, 5) is 12.7. The molecule has 0 atom stereocenters. The molecule has 0 unspecified atom stereocenters. The van der Waals surface area contributed by atoms with E-state index in [-0.39, 0.29) is 0 Å². The van der Waals surface area contributed by atoms with Crippen LogP contribution in [0.4, 0.5) is 17.1 Å². The number of rotatable bonds is 4. The van der Waals surface area contributed by atoms with Crippen LogP contribution in [0.3, 0.4) is 0 Å². The van der Waals surface area contributed by atoms with E-state index in [1.807, 2.05) is 54.6 Å². The first-order chi connectivity index (χ1) is 28.7. The number of ether oxygens (including phenoxy) is 2. The summed E-state index contributed by atoms with van der Waals surface area (Å²) in [5.41, 5.74) is 14.3. The second kappa shape index (κ2) is 12.6. The van der Waals surface area contributed by atoms with Crippen molar-refractivity contribution in [2.24, 2.45) is 0 Å². The Bertz CT molecular complexity index is 2990. The quantitative estimate of drug-likeness (QED) is 0.180. The van der Waals surface area contributed by atoms with Crippen molar-refractivity contribution in [3.8, 4) is 68.0 Å². The van der Waals surface area contributed by atoms with Gasteiger partial charge in [-0.25, -0.2) is 9.97 Å². The summed E-state index contributed by atoms with van der Waals surface area (Å²) in [6.45, 7) is 0. The lowest BCUT2D eigenvalue weighted by molar-refractivity contribution is 0.436. The summed E-state index contributed by atoms with van der Waals surface area (Å²) >= 11 is 0. The average molecular weight is 744 g/mol. The summed E-state index contributed by atoms with van der Waals surface area (Å²) in [7, 11) is 0. The first-order valence-electron chi connectivity index (χ1n) is 19.6. The molecular formula is C53H33N3O2. The van der Waals surface area contributed by atoms with Crippen LogP contribution >= 0.6 is 0 Å². The molecule has 1 aromatic heterocycles. The lowest BCUT2D eigenvalue weighted by Gasteiger charge is -2.39. The maximum atomic E-state index is 6.73. The van der Waals surface area contributed by atoms with Crippen LogP contribution in [-0.4, -0.2) is 9.97 Å². The van der Waals surface area contributed by atoms with Gasteiger partial charge in [0.1, 0.15) is 11.5 Å². The minimum Gasteiger partial charge on any atom is -0.457 e. The van der Waals surface area contributed by atoms with E-state index in [1.165, 1.54) is 22.3 Å². The highest BCUT2D eigenvalue weighted by Crippen LogP contribution is 2.62. The highest BCUT2D eigenvalue weighted by atomic mass is 16.5. The van der Waals surface area contributed by atoms with Crippen LogP contribution in [0.25, 0.3) is 45.0 Å². The van der Waals surface area contributed by atoms with E-state index in [0.717, 1.165) is 79.3 Å². The number of nitrogens with zero attached hydrogens (tertiary/aromatic N) is 3. The summed E-state index contributed by atoms with van der Waals surface area (Å²) in [6.07, 6.45) is 0. The molecule has 9 aromatic rings. The monoisotopic (exact) mass is 743 g/mol. The van der Waals surface area contributed by atoms with Gasteiger partial charge in [0.25, 0.3) is 0 Å². The Hall–Kier alpha value is -7.76. The average Bonchev–Trinajstić information content (AvgIpc) is 3.59. The fraction of sp³-hybridized carbons (Fsp3) is 0.0189. The van der Waals surface area contributed by atoms with E-state index in [0.29, 0.717) is 5.82 Å². The van der Waals surface area contributed by atoms with Gasteiger partial charge in [0, 0.05) is 33.5 Å². The molecule has 3 aliphatic rings. The molecule has 0 saturated heterocycles. The standard InChI is InChI=1S/C53H33N3O2/c1-2-14-35(15-3-1)52-54-44(34-26-29-37(30-27-34)56-46-21-9-12-24-50(46)58-51-25-13-10-22-47(51)56)33-45(55-52)36-28-31-49-43(32-36)53(42-20-8-11-23-48(42)57-49)40-18-6-4-16-38(40)39-17-5-7-19-41(39)53/h1-33H. The molecule has 2 aliphatic heterocycles. The van der Waals surface area contributed by atoms with Gasteiger partial charge in [-0.2, -0.15) is 0 Å². The highest BCUT2D eigenvalue weighted by molar-refractivity contribution is 5.90. The Kier molecular flexibility index (Phi) is 7.07. The Labute approximate surface area is 336 Å². The predicted octanol–water partition coefficient (Wildman–Crippen LogP) is 13.5. The number of para-hydroxylation sites is 5.